The van der Waals surface area contributed by atoms with Gasteiger partial charge >= 0.3 is 0 Å². The first-order valence-corrected chi connectivity index (χ1v) is 11.7. The van der Waals surface area contributed by atoms with Crippen molar-refractivity contribution in [3.05, 3.63) is 30.3 Å². The fourth-order valence-electron chi connectivity index (χ4n) is 4.52. The van der Waals surface area contributed by atoms with E-state index in [0.29, 0.717) is 26.2 Å². The van der Waals surface area contributed by atoms with Crippen molar-refractivity contribution < 1.29 is 14.4 Å². The maximum absolute atomic E-state index is 13.2. The van der Waals surface area contributed by atoms with Gasteiger partial charge in [-0.2, -0.15) is 0 Å². The molecule has 2 atom stereocenters. The molecule has 0 saturated carbocycles. The van der Waals surface area contributed by atoms with Gasteiger partial charge in [0.2, 0.25) is 17.7 Å². The highest BCUT2D eigenvalue weighted by Gasteiger charge is 2.38. The highest BCUT2D eigenvalue weighted by molar-refractivity contribution is 5.93. The lowest BCUT2D eigenvalue weighted by Crippen LogP contribution is -2.60. The van der Waals surface area contributed by atoms with Gasteiger partial charge in [0.05, 0.1) is 6.42 Å². The normalized spacial score (nSPS) is 20.4. The van der Waals surface area contributed by atoms with E-state index in [4.69, 9.17) is 0 Å². The van der Waals surface area contributed by atoms with Gasteiger partial charge in [-0.25, -0.2) is 0 Å². The summed E-state index contributed by atoms with van der Waals surface area (Å²) in [6, 6.07) is 9.49. The average molecular weight is 429 g/mol. The number of rotatable bonds is 8. The summed E-state index contributed by atoms with van der Waals surface area (Å²) >= 11 is 0. The molecule has 2 aliphatic heterocycles. The number of unbranched alkanes of at least 4 members (excludes halogenated alkanes) is 1. The molecule has 2 aliphatic rings. The van der Waals surface area contributed by atoms with Gasteiger partial charge in [-0.15, -0.1) is 0 Å². The zero-order valence-corrected chi connectivity index (χ0v) is 18.9. The minimum atomic E-state index is -0.698. The van der Waals surface area contributed by atoms with Crippen molar-refractivity contribution in [2.24, 2.45) is 5.92 Å². The molecule has 170 valence electrons. The molecule has 1 aromatic carbocycles. The van der Waals surface area contributed by atoms with Crippen LogP contribution in [0.25, 0.3) is 0 Å². The summed E-state index contributed by atoms with van der Waals surface area (Å²) in [7, 11) is 0. The molecule has 2 saturated heterocycles. The van der Waals surface area contributed by atoms with Gasteiger partial charge < -0.3 is 20.0 Å². The number of anilines is 1. The number of piperazine rings is 2. The van der Waals surface area contributed by atoms with Crippen molar-refractivity contribution in [2.75, 3.05) is 44.2 Å². The molecule has 1 aromatic rings. The van der Waals surface area contributed by atoms with Crippen LogP contribution in [0.3, 0.4) is 0 Å². The highest BCUT2D eigenvalue weighted by Crippen LogP contribution is 2.21. The number of hydrogen-bond acceptors (Lipinski definition) is 4. The van der Waals surface area contributed by atoms with E-state index in [1.807, 2.05) is 30.0 Å². The second kappa shape index (κ2) is 11.2. The Morgan fingerprint density at radius 1 is 1.06 bits per heavy atom. The van der Waals surface area contributed by atoms with Gasteiger partial charge in [0.25, 0.3) is 0 Å². The number of carbonyl (C=O) groups is 3. The quantitative estimate of drug-likeness (QED) is 0.689. The number of hydrogen-bond donors (Lipinski definition) is 1. The SMILES string of the molecule is CCCCC(CC)C(=O)N1CCNC(=O)C1CC(=O)N1CCN(c2ccccc2)CC1. The van der Waals surface area contributed by atoms with Crippen molar-refractivity contribution >= 4 is 23.4 Å². The summed E-state index contributed by atoms with van der Waals surface area (Å²) in [5.74, 6) is -0.300. The standard InChI is InChI=1S/C24H36N4O3/c1-3-5-9-19(4-2)24(31)28-13-12-25-23(30)21(28)18-22(29)27-16-14-26(15-17-27)20-10-7-6-8-11-20/h6-8,10-11,19,21H,3-5,9,12-18H2,1-2H3,(H,25,30). The molecular formula is C24H36N4O3. The maximum atomic E-state index is 13.2. The van der Waals surface area contributed by atoms with Gasteiger partial charge in [-0.05, 0) is 25.0 Å². The van der Waals surface area contributed by atoms with Crippen molar-refractivity contribution in [3.63, 3.8) is 0 Å². The lowest BCUT2D eigenvalue weighted by atomic mass is 9.95. The first-order valence-electron chi connectivity index (χ1n) is 11.7. The van der Waals surface area contributed by atoms with E-state index in [-0.39, 0.29) is 30.1 Å². The molecule has 0 radical (unpaired) electrons. The number of carbonyl (C=O) groups excluding carboxylic acids is 3. The van der Waals surface area contributed by atoms with Gasteiger partial charge in [0.1, 0.15) is 6.04 Å². The Hall–Kier alpha value is -2.57. The molecule has 31 heavy (non-hydrogen) atoms. The largest absolute Gasteiger partial charge is 0.368 e. The Morgan fingerprint density at radius 2 is 1.77 bits per heavy atom. The van der Waals surface area contributed by atoms with Crippen LogP contribution in [0.5, 0.6) is 0 Å². The fourth-order valence-corrected chi connectivity index (χ4v) is 4.52. The van der Waals surface area contributed by atoms with Gasteiger partial charge in [-0.3, -0.25) is 14.4 Å². The predicted molar refractivity (Wildman–Crippen MR) is 122 cm³/mol. The first kappa shape index (κ1) is 23.1. The molecule has 2 unspecified atom stereocenters. The Bertz CT molecular complexity index is 746. The van der Waals surface area contributed by atoms with Crippen LogP contribution >= 0.6 is 0 Å². The Labute approximate surface area is 185 Å². The minimum absolute atomic E-state index is 0.0255. The zero-order valence-electron chi connectivity index (χ0n) is 18.9. The molecule has 0 aliphatic carbocycles. The van der Waals surface area contributed by atoms with Crippen LogP contribution in [-0.2, 0) is 14.4 Å². The van der Waals surface area contributed by atoms with Crippen LogP contribution < -0.4 is 10.2 Å². The van der Waals surface area contributed by atoms with E-state index < -0.39 is 6.04 Å². The second-order valence-electron chi connectivity index (χ2n) is 8.49. The summed E-state index contributed by atoms with van der Waals surface area (Å²) in [4.78, 5) is 44.6. The molecule has 7 heteroatoms. The van der Waals surface area contributed by atoms with E-state index in [2.05, 4.69) is 29.3 Å². The second-order valence-corrected chi connectivity index (χ2v) is 8.49. The average Bonchev–Trinajstić information content (AvgIpc) is 2.81. The number of nitrogens with one attached hydrogen (secondary N) is 1. The van der Waals surface area contributed by atoms with Gasteiger partial charge in [0, 0.05) is 50.9 Å². The Balaban J connectivity index is 1.60. The van der Waals surface area contributed by atoms with E-state index >= 15 is 0 Å². The number of nitrogens with zero attached hydrogens (tertiary/aromatic N) is 3. The van der Waals surface area contributed by atoms with Gasteiger partial charge in [0.15, 0.2) is 0 Å². The molecule has 0 aromatic heterocycles. The molecular weight excluding hydrogens is 392 g/mol. The maximum Gasteiger partial charge on any atom is 0.243 e. The Kier molecular flexibility index (Phi) is 8.32. The molecule has 0 spiro atoms. The number of para-hydroxylation sites is 1. The Morgan fingerprint density at radius 3 is 2.42 bits per heavy atom. The third-order valence-electron chi connectivity index (χ3n) is 6.48. The van der Waals surface area contributed by atoms with E-state index in [1.54, 1.807) is 4.90 Å². The van der Waals surface area contributed by atoms with E-state index in [0.717, 1.165) is 44.5 Å². The topological polar surface area (TPSA) is 73.0 Å². The summed E-state index contributed by atoms with van der Waals surface area (Å²) in [6.07, 6.45) is 3.71. The third kappa shape index (κ3) is 5.77. The minimum Gasteiger partial charge on any atom is -0.368 e. The van der Waals surface area contributed by atoms with Gasteiger partial charge in [-0.1, -0.05) is 44.9 Å². The highest BCUT2D eigenvalue weighted by atomic mass is 16.2. The molecule has 7 nitrogen and oxygen atoms in total. The lowest BCUT2D eigenvalue weighted by molar-refractivity contribution is -0.149. The molecule has 2 fully saturated rings. The molecule has 3 rings (SSSR count). The van der Waals surface area contributed by atoms with Crippen LogP contribution in [-0.4, -0.2) is 72.8 Å². The summed E-state index contributed by atoms with van der Waals surface area (Å²) in [5, 5.41) is 2.84. The van der Waals surface area contributed by atoms with Crippen molar-refractivity contribution in [1.29, 1.82) is 0 Å². The van der Waals surface area contributed by atoms with Crippen LogP contribution in [0.1, 0.15) is 46.0 Å². The number of benzene rings is 1. The van der Waals surface area contributed by atoms with Crippen molar-refractivity contribution in [3.8, 4) is 0 Å². The van der Waals surface area contributed by atoms with Crippen LogP contribution in [0, 0.1) is 5.92 Å². The molecule has 1 N–H and O–H groups in total. The van der Waals surface area contributed by atoms with Crippen molar-refractivity contribution in [2.45, 2.75) is 52.0 Å². The van der Waals surface area contributed by atoms with Crippen molar-refractivity contribution in [1.82, 2.24) is 15.1 Å². The monoisotopic (exact) mass is 428 g/mol. The summed E-state index contributed by atoms with van der Waals surface area (Å²) in [5.41, 5.74) is 1.16. The lowest BCUT2D eigenvalue weighted by Gasteiger charge is -2.39. The van der Waals surface area contributed by atoms with E-state index in [9.17, 15) is 14.4 Å². The molecule has 3 amide bonds. The smallest absolute Gasteiger partial charge is 0.243 e. The number of amides is 3. The van der Waals surface area contributed by atoms with Crippen LogP contribution in [0.15, 0.2) is 30.3 Å². The van der Waals surface area contributed by atoms with Crippen LogP contribution in [0.2, 0.25) is 0 Å². The van der Waals surface area contributed by atoms with E-state index in [1.165, 1.54) is 0 Å². The predicted octanol–water partition coefficient (Wildman–Crippen LogP) is 2.27. The summed E-state index contributed by atoms with van der Waals surface area (Å²) < 4.78 is 0. The van der Waals surface area contributed by atoms with Crippen LogP contribution in [0.4, 0.5) is 5.69 Å². The molecule has 0 bridgehead atoms. The third-order valence-corrected chi connectivity index (χ3v) is 6.48. The molecule has 2 heterocycles. The zero-order chi connectivity index (χ0) is 22.2. The summed E-state index contributed by atoms with van der Waals surface area (Å²) in [6.45, 7) is 7.86. The fraction of sp³-hybridized carbons (Fsp3) is 0.625. The first-order chi connectivity index (χ1) is 15.0.